The largest absolute Gasteiger partial charge is 0.309 e. The summed E-state index contributed by atoms with van der Waals surface area (Å²) < 4.78 is 2.39. The van der Waals surface area contributed by atoms with E-state index < -0.39 is 0 Å². The third-order valence-corrected chi connectivity index (χ3v) is 27.6. The molecular weight excluding hydrogens is 1600 g/mol. The molecule has 27 rings (SSSR count). The van der Waals surface area contributed by atoms with E-state index in [0.29, 0.717) is 0 Å². The molecule has 0 radical (unpaired) electrons. The summed E-state index contributed by atoms with van der Waals surface area (Å²) in [6.45, 7) is 0. The van der Waals surface area contributed by atoms with Gasteiger partial charge in [0.2, 0.25) is 0 Å². The van der Waals surface area contributed by atoms with Crippen molar-refractivity contribution in [3.05, 3.63) is 510 Å². The van der Waals surface area contributed by atoms with Gasteiger partial charge in [-0.15, -0.1) is 0 Å². The molecule has 133 heavy (non-hydrogen) atoms. The van der Waals surface area contributed by atoms with Crippen molar-refractivity contribution in [1.82, 2.24) is 9.55 Å². The molecule has 2 aromatic heterocycles. The summed E-state index contributed by atoms with van der Waals surface area (Å²) >= 11 is 0. The first-order chi connectivity index (χ1) is 66.1. The molecule has 0 fully saturated rings. The molecule has 2 heterocycles. The summed E-state index contributed by atoms with van der Waals surface area (Å²) in [6, 6.07) is 182. The molecule has 0 spiro atoms. The van der Waals surface area contributed by atoms with E-state index >= 15 is 0 Å². The van der Waals surface area contributed by atoms with Crippen molar-refractivity contribution in [2.75, 3.05) is 0 Å². The SMILES string of the molecule is c1ccc(-c2c3ccccc3c(-c3ccc(-c4ccc5c6ccccc6c6ccccc6c5c4)c4ccccc34)c3ccccc23)cc1.c1ccc(-c2cc(-c3c4ccccc4c(-c4cccnc4)c4ccccc34)c3ccccc3c2)cc1.c1ccc(-c2ccc(-c3c4ccccc4c(-c4ccc(-n5c6ccccc6c6ccccc65)cc4)c4ccccc34)c3ccccc23)cc1. The molecule has 0 unspecified atom stereocenters. The van der Waals surface area contributed by atoms with Crippen LogP contribution < -0.4 is 0 Å². The maximum atomic E-state index is 4.44. The van der Waals surface area contributed by atoms with Gasteiger partial charge in [-0.1, -0.05) is 449 Å². The zero-order valence-corrected chi connectivity index (χ0v) is 72.9. The van der Waals surface area contributed by atoms with Gasteiger partial charge in [-0.25, -0.2) is 0 Å². The van der Waals surface area contributed by atoms with Crippen molar-refractivity contribution in [2.45, 2.75) is 0 Å². The van der Waals surface area contributed by atoms with E-state index in [1.54, 1.807) is 0 Å². The molecule has 0 bridgehead atoms. The molecule has 618 valence electrons. The highest BCUT2D eigenvalue weighted by Gasteiger charge is 2.25. The van der Waals surface area contributed by atoms with Gasteiger partial charge in [-0.05, 0) is 272 Å². The average Bonchev–Trinajstić information content (AvgIpc) is 1.56. The molecule has 0 saturated heterocycles. The Hall–Kier alpha value is -17.4. The summed E-state index contributed by atoms with van der Waals surface area (Å²) in [6.07, 6.45) is 3.81. The van der Waals surface area contributed by atoms with Gasteiger partial charge in [-0.3, -0.25) is 4.98 Å². The van der Waals surface area contributed by atoms with Crippen LogP contribution in [-0.4, -0.2) is 9.55 Å². The topological polar surface area (TPSA) is 17.8 Å². The Morgan fingerprint density at radius 1 is 0.135 bits per heavy atom. The average molecular weight is 1690 g/mol. The Bertz CT molecular complexity index is 9040. The molecule has 2 nitrogen and oxygen atoms in total. The third kappa shape index (κ3) is 13.3. The molecule has 0 N–H and O–H groups in total. The van der Waals surface area contributed by atoms with Gasteiger partial charge in [0.25, 0.3) is 0 Å². The lowest BCUT2D eigenvalue weighted by Crippen LogP contribution is -1.95. The Kier molecular flexibility index (Phi) is 19.3. The van der Waals surface area contributed by atoms with E-state index in [1.807, 2.05) is 18.5 Å². The summed E-state index contributed by atoms with van der Waals surface area (Å²) in [7, 11) is 0. The Labute approximate surface area is 770 Å². The summed E-state index contributed by atoms with van der Waals surface area (Å²) in [4.78, 5) is 4.44. The van der Waals surface area contributed by atoms with Crippen molar-refractivity contribution in [2.24, 2.45) is 0 Å². The number of hydrogen-bond donors (Lipinski definition) is 0. The zero-order valence-electron chi connectivity index (χ0n) is 72.9. The normalized spacial score (nSPS) is 11.6. The van der Waals surface area contributed by atoms with Gasteiger partial charge in [0.15, 0.2) is 0 Å². The van der Waals surface area contributed by atoms with Crippen LogP contribution in [0.5, 0.6) is 0 Å². The molecule has 27 aromatic rings. The summed E-state index contributed by atoms with van der Waals surface area (Å²) in [5.74, 6) is 0. The fourth-order valence-corrected chi connectivity index (χ4v) is 21.8. The van der Waals surface area contributed by atoms with Gasteiger partial charge in [0, 0.05) is 34.4 Å². The van der Waals surface area contributed by atoms with Gasteiger partial charge in [-0.2, -0.15) is 0 Å². The van der Waals surface area contributed by atoms with Crippen LogP contribution in [-0.2, 0) is 0 Å². The second-order valence-corrected chi connectivity index (χ2v) is 34.8. The molecule has 0 aliphatic heterocycles. The Balaban J connectivity index is 0.000000108. The number of para-hydroxylation sites is 2. The van der Waals surface area contributed by atoms with Crippen LogP contribution >= 0.6 is 0 Å². The van der Waals surface area contributed by atoms with Gasteiger partial charge < -0.3 is 4.57 Å². The molecule has 0 saturated carbocycles. The second kappa shape index (κ2) is 33.0. The molecule has 0 aliphatic rings. The van der Waals surface area contributed by atoms with Gasteiger partial charge in [0.05, 0.1) is 11.0 Å². The van der Waals surface area contributed by atoms with Gasteiger partial charge >= 0.3 is 0 Å². The smallest absolute Gasteiger partial charge is 0.0541 e. The molecular formula is C131H84N2. The predicted octanol–water partition coefficient (Wildman–Crippen LogP) is 36.4. The van der Waals surface area contributed by atoms with E-state index in [0.717, 1.165) is 11.3 Å². The van der Waals surface area contributed by atoms with Crippen LogP contribution in [0.15, 0.2) is 510 Å². The van der Waals surface area contributed by atoms with Crippen molar-refractivity contribution in [1.29, 1.82) is 0 Å². The lowest BCUT2D eigenvalue weighted by atomic mass is 9.83. The van der Waals surface area contributed by atoms with Crippen LogP contribution in [0.1, 0.15) is 0 Å². The first kappa shape index (κ1) is 77.9. The quantitative estimate of drug-likeness (QED) is 0.0986. The number of hydrogen-bond acceptors (Lipinski definition) is 1. The van der Waals surface area contributed by atoms with Crippen molar-refractivity contribution in [3.63, 3.8) is 0 Å². The second-order valence-electron chi connectivity index (χ2n) is 34.8. The van der Waals surface area contributed by atoms with E-state index in [1.165, 1.54) is 246 Å². The number of pyridine rings is 1. The van der Waals surface area contributed by atoms with Crippen molar-refractivity contribution < 1.29 is 0 Å². The molecule has 2 heteroatoms. The molecule has 0 aliphatic carbocycles. The minimum absolute atomic E-state index is 1.14. The highest BCUT2D eigenvalue weighted by atomic mass is 15.0. The van der Waals surface area contributed by atoms with Crippen LogP contribution in [0.2, 0.25) is 0 Å². The van der Waals surface area contributed by atoms with Crippen LogP contribution in [0.25, 0.3) is 257 Å². The lowest BCUT2D eigenvalue weighted by Gasteiger charge is -2.20. The minimum Gasteiger partial charge on any atom is -0.309 e. The maximum Gasteiger partial charge on any atom is 0.0541 e. The first-order valence-electron chi connectivity index (χ1n) is 46.0. The van der Waals surface area contributed by atoms with E-state index in [4.69, 9.17) is 0 Å². The lowest BCUT2D eigenvalue weighted by molar-refractivity contribution is 1.18. The van der Waals surface area contributed by atoms with E-state index in [-0.39, 0.29) is 0 Å². The summed E-state index contributed by atoms with van der Waals surface area (Å²) in [5, 5.41) is 33.1. The van der Waals surface area contributed by atoms with Crippen LogP contribution in [0, 0.1) is 0 Å². The number of nitrogens with zero attached hydrogens (tertiary/aromatic N) is 2. The maximum absolute atomic E-state index is 4.44. The highest BCUT2D eigenvalue weighted by Crippen LogP contribution is 2.52. The first-order valence-corrected chi connectivity index (χ1v) is 46.0. The number of aromatic nitrogens is 2. The van der Waals surface area contributed by atoms with Crippen LogP contribution in [0.3, 0.4) is 0 Å². The van der Waals surface area contributed by atoms with Gasteiger partial charge in [0.1, 0.15) is 0 Å². The van der Waals surface area contributed by atoms with Crippen molar-refractivity contribution in [3.8, 4) is 106 Å². The van der Waals surface area contributed by atoms with E-state index in [9.17, 15) is 0 Å². The minimum atomic E-state index is 1.14. The Morgan fingerprint density at radius 3 is 0.842 bits per heavy atom. The third-order valence-electron chi connectivity index (χ3n) is 27.6. The van der Waals surface area contributed by atoms with Crippen LogP contribution in [0.4, 0.5) is 0 Å². The van der Waals surface area contributed by atoms with E-state index in [2.05, 4.69) is 501 Å². The monoisotopic (exact) mass is 1680 g/mol. The molecule has 0 atom stereocenters. The fourth-order valence-electron chi connectivity index (χ4n) is 21.8. The zero-order chi connectivity index (χ0) is 87.8. The molecule has 25 aromatic carbocycles. The number of rotatable bonds is 10. The number of benzene rings is 25. The fraction of sp³-hybridized carbons (Fsp3) is 0. The standard InChI is InChI=1S/C48H31N.C48H30.C35H23N/c1-2-14-32(15-3-1)35-30-31-44(37-17-5-4-16-36(35)37)48-42-22-8-6-20-40(42)47(41-21-7-9-23-43(41)48)33-26-28-34(29-27-33)49-45-24-12-10-18-38(45)39-19-11-13-25-46(39)49;1-2-14-31(15-3-1)47-41-22-10-12-24-43(41)48(44-25-13-11-23-42(44)47)45-29-28-33(34-16-4-8-20-38(34)45)32-26-27-40-37-19-6-5-17-35(37)36-18-7-9-21-39(36)46(40)30-32;1-2-11-24(12-3-1)27-21-25-13-4-5-15-28(25)33(22-27)35-31-18-8-6-16-29(31)34(26-14-10-20-36-23-26)30-17-7-9-19-32(30)35/h1-31H;1-30H;1-23H. The van der Waals surface area contributed by atoms with Crippen molar-refractivity contribution >= 4 is 151 Å². The highest BCUT2D eigenvalue weighted by molar-refractivity contribution is 6.30. The molecule has 0 amide bonds. The Morgan fingerprint density at radius 2 is 0.421 bits per heavy atom. The predicted molar refractivity (Wildman–Crippen MR) is 570 cm³/mol. The number of fused-ring (bicyclic) bond motifs is 18. The summed E-state index contributed by atoms with van der Waals surface area (Å²) in [5.41, 5.74) is 26.1.